The summed E-state index contributed by atoms with van der Waals surface area (Å²) in [6, 6.07) is 7.16. The molecule has 0 aliphatic carbocycles. The summed E-state index contributed by atoms with van der Waals surface area (Å²) >= 11 is 0. The van der Waals surface area contributed by atoms with E-state index in [0.717, 1.165) is 62.1 Å². The number of hydrogen-bond donors (Lipinski definition) is 1. The molecular weight excluding hydrogens is 371 g/mol. The summed E-state index contributed by atoms with van der Waals surface area (Å²) in [5, 5.41) is 7.24. The van der Waals surface area contributed by atoms with E-state index in [4.69, 9.17) is 4.52 Å². The Hall–Kier alpha value is -2.55. The number of hydrogen-bond acceptors (Lipinski definition) is 4. The Morgan fingerprint density at radius 3 is 2.43 bits per heavy atom. The molecule has 6 nitrogen and oxygen atoms in total. The highest BCUT2D eigenvalue weighted by atomic mass is 19.4. The predicted molar refractivity (Wildman–Crippen MR) is 99.9 cm³/mol. The first-order valence-corrected chi connectivity index (χ1v) is 9.19. The SMILES string of the molecule is CN=C(NCCc1ccc(C(F)(F)F)cc1)N1CCN(Cc2ccon2)CC1. The van der Waals surface area contributed by atoms with Gasteiger partial charge in [0.05, 0.1) is 11.3 Å². The fourth-order valence-corrected chi connectivity index (χ4v) is 3.18. The molecule has 1 aromatic carbocycles. The summed E-state index contributed by atoms with van der Waals surface area (Å²) in [5.74, 6) is 0.813. The molecule has 1 N–H and O–H groups in total. The molecule has 1 aliphatic heterocycles. The van der Waals surface area contributed by atoms with Gasteiger partial charge in [0.1, 0.15) is 6.26 Å². The second kappa shape index (κ2) is 9.09. The van der Waals surface area contributed by atoms with E-state index < -0.39 is 11.7 Å². The summed E-state index contributed by atoms with van der Waals surface area (Å²) in [6.07, 6.45) is -2.09. The number of alkyl halides is 3. The third kappa shape index (κ3) is 5.48. The minimum Gasteiger partial charge on any atom is -0.364 e. The molecule has 9 heteroatoms. The Labute approximate surface area is 162 Å². The lowest BCUT2D eigenvalue weighted by Crippen LogP contribution is -2.52. The van der Waals surface area contributed by atoms with Gasteiger partial charge in [0.15, 0.2) is 5.96 Å². The minimum atomic E-state index is -4.30. The van der Waals surface area contributed by atoms with Gasteiger partial charge in [0, 0.05) is 52.4 Å². The lowest BCUT2D eigenvalue weighted by molar-refractivity contribution is -0.137. The van der Waals surface area contributed by atoms with Gasteiger partial charge in [-0.25, -0.2) is 0 Å². The lowest BCUT2D eigenvalue weighted by atomic mass is 10.1. The van der Waals surface area contributed by atoms with Gasteiger partial charge >= 0.3 is 6.18 Å². The van der Waals surface area contributed by atoms with Gasteiger partial charge < -0.3 is 14.7 Å². The zero-order chi connectivity index (χ0) is 20.0. The van der Waals surface area contributed by atoms with Crippen LogP contribution in [0.2, 0.25) is 0 Å². The maximum atomic E-state index is 12.6. The minimum absolute atomic E-state index is 0.608. The summed E-state index contributed by atoms with van der Waals surface area (Å²) in [6.45, 7) is 4.86. The van der Waals surface area contributed by atoms with Crippen molar-refractivity contribution in [2.75, 3.05) is 39.8 Å². The molecule has 1 aliphatic rings. The molecule has 1 aromatic heterocycles. The van der Waals surface area contributed by atoms with Crippen molar-refractivity contribution < 1.29 is 17.7 Å². The van der Waals surface area contributed by atoms with Gasteiger partial charge in [-0.1, -0.05) is 17.3 Å². The van der Waals surface area contributed by atoms with E-state index in [9.17, 15) is 13.2 Å². The highest BCUT2D eigenvalue weighted by Gasteiger charge is 2.29. The van der Waals surface area contributed by atoms with E-state index in [0.29, 0.717) is 13.0 Å². The van der Waals surface area contributed by atoms with Gasteiger partial charge in [-0.15, -0.1) is 0 Å². The smallest absolute Gasteiger partial charge is 0.364 e. The molecule has 1 saturated heterocycles. The third-order valence-corrected chi connectivity index (χ3v) is 4.74. The van der Waals surface area contributed by atoms with Crippen molar-refractivity contribution in [1.29, 1.82) is 0 Å². The Balaban J connectivity index is 1.42. The van der Waals surface area contributed by atoms with Crippen LogP contribution in [0.1, 0.15) is 16.8 Å². The van der Waals surface area contributed by atoms with Crippen LogP contribution in [0.5, 0.6) is 0 Å². The molecule has 0 bridgehead atoms. The van der Waals surface area contributed by atoms with Crippen LogP contribution < -0.4 is 5.32 Å². The molecule has 0 spiro atoms. The van der Waals surface area contributed by atoms with Crippen molar-refractivity contribution in [1.82, 2.24) is 20.3 Å². The molecule has 2 aromatic rings. The second-order valence-electron chi connectivity index (χ2n) is 6.67. The summed E-state index contributed by atoms with van der Waals surface area (Å²) < 4.78 is 42.7. The first-order chi connectivity index (χ1) is 13.5. The number of aromatic nitrogens is 1. The van der Waals surface area contributed by atoms with Crippen LogP contribution >= 0.6 is 0 Å². The van der Waals surface area contributed by atoms with Crippen LogP contribution in [0, 0.1) is 0 Å². The topological polar surface area (TPSA) is 56.9 Å². The van der Waals surface area contributed by atoms with E-state index in [1.807, 2.05) is 6.07 Å². The van der Waals surface area contributed by atoms with Crippen LogP contribution in [-0.4, -0.2) is 60.7 Å². The third-order valence-electron chi connectivity index (χ3n) is 4.74. The van der Waals surface area contributed by atoms with E-state index >= 15 is 0 Å². The summed E-state index contributed by atoms with van der Waals surface area (Å²) in [7, 11) is 1.74. The van der Waals surface area contributed by atoms with Crippen molar-refractivity contribution >= 4 is 5.96 Å². The van der Waals surface area contributed by atoms with Crippen LogP contribution in [0.15, 0.2) is 46.1 Å². The predicted octanol–water partition coefficient (Wildman–Crippen LogP) is 2.63. The van der Waals surface area contributed by atoms with Gasteiger partial charge in [-0.2, -0.15) is 13.2 Å². The van der Waals surface area contributed by atoms with Crippen molar-refractivity contribution in [3.63, 3.8) is 0 Å². The molecule has 1 fully saturated rings. The molecule has 0 amide bonds. The molecule has 0 saturated carbocycles. The molecule has 3 rings (SSSR count). The lowest BCUT2D eigenvalue weighted by Gasteiger charge is -2.36. The van der Waals surface area contributed by atoms with E-state index in [-0.39, 0.29) is 0 Å². The molecular formula is C19H24F3N5O. The largest absolute Gasteiger partial charge is 0.416 e. The number of halogens is 3. The monoisotopic (exact) mass is 395 g/mol. The standard InChI is InChI=1S/C19H24F3N5O/c1-23-18(24-8-6-15-2-4-16(5-3-15)19(20,21)22)27-11-9-26(10-12-27)14-17-7-13-28-25-17/h2-5,7,13H,6,8-12,14H2,1H3,(H,23,24). The Kier molecular flexibility index (Phi) is 6.56. The summed E-state index contributed by atoms with van der Waals surface area (Å²) in [4.78, 5) is 8.82. The maximum Gasteiger partial charge on any atom is 0.416 e. The average molecular weight is 395 g/mol. The number of rotatable bonds is 5. The molecule has 28 heavy (non-hydrogen) atoms. The second-order valence-corrected chi connectivity index (χ2v) is 6.67. The number of aliphatic imine (C=N–C) groups is 1. The Morgan fingerprint density at radius 2 is 1.86 bits per heavy atom. The Morgan fingerprint density at radius 1 is 1.14 bits per heavy atom. The van der Waals surface area contributed by atoms with E-state index in [1.165, 1.54) is 12.1 Å². The van der Waals surface area contributed by atoms with Gasteiger partial charge in [-0.05, 0) is 24.1 Å². The Bertz CT molecular complexity index is 751. The first kappa shape index (κ1) is 20.2. The van der Waals surface area contributed by atoms with Crippen molar-refractivity contribution in [2.45, 2.75) is 19.1 Å². The number of piperazine rings is 1. The number of benzene rings is 1. The highest BCUT2D eigenvalue weighted by Crippen LogP contribution is 2.29. The fourth-order valence-electron chi connectivity index (χ4n) is 3.18. The molecule has 152 valence electrons. The van der Waals surface area contributed by atoms with Gasteiger partial charge in [-0.3, -0.25) is 9.89 Å². The van der Waals surface area contributed by atoms with Crippen LogP contribution in [0.3, 0.4) is 0 Å². The van der Waals surface area contributed by atoms with Crippen LogP contribution in [0.25, 0.3) is 0 Å². The van der Waals surface area contributed by atoms with E-state index in [1.54, 1.807) is 13.3 Å². The maximum absolute atomic E-state index is 12.6. The number of nitrogens with one attached hydrogen (secondary N) is 1. The van der Waals surface area contributed by atoms with Crippen molar-refractivity contribution in [2.24, 2.45) is 4.99 Å². The number of nitrogens with zero attached hydrogens (tertiary/aromatic N) is 4. The normalized spacial score (nSPS) is 16.4. The highest BCUT2D eigenvalue weighted by molar-refractivity contribution is 5.80. The first-order valence-electron chi connectivity index (χ1n) is 9.19. The molecule has 2 heterocycles. The van der Waals surface area contributed by atoms with Crippen LogP contribution in [-0.2, 0) is 19.1 Å². The summed E-state index contributed by atoms with van der Waals surface area (Å²) in [5.41, 5.74) is 1.16. The molecule has 0 radical (unpaired) electrons. The van der Waals surface area contributed by atoms with Crippen molar-refractivity contribution in [3.8, 4) is 0 Å². The quantitative estimate of drug-likeness (QED) is 0.623. The zero-order valence-corrected chi connectivity index (χ0v) is 15.7. The number of guanidine groups is 1. The van der Waals surface area contributed by atoms with E-state index in [2.05, 4.69) is 25.3 Å². The molecule has 0 unspecified atom stereocenters. The average Bonchev–Trinajstić information content (AvgIpc) is 3.19. The fraction of sp³-hybridized carbons (Fsp3) is 0.474. The van der Waals surface area contributed by atoms with Crippen LogP contribution in [0.4, 0.5) is 13.2 Å². The van der Waals surface area contributed by atoms with Crippen molar-refractivity contribution in [3.05, 3.63) is 53.4 Å². The van der Waals surface area contributed by atoms with Gasteiger partial charge in [0.25, 0.3) is 0 Å². The zero-order valence-electron chi connectivity index (χ0n) is 15.7. The molecule has 0 atom stereocenters. The van der Waals surface area contributed by atoms with Gasteiger partial charge in [0.2, 0.25) is 0 Å².